The number of hydrogen-bond acceptors (Lipinski definition) is 3. The predicted octanol–water partition coefficient (Wildman–Crippen LogP) is 1.71. The molecule has 1 fully saturated rings. The Morgan fingerprint density at radius 1 is 1.24 bits per heavy atom. The van der Waals surface area contributed by atoms with Crippen LogP contribution in [0.4, 0.5) is 4.39 Å². The highest BCUT2D eigenvalue weighted by molar-refractivity contribution is 6.30. The van der Waals surface area contributed by atoms with Gasteiger partial charge in [0.25, 0.3) is 5.91 Å². The highest BCUT2D eigenvalue weighted by Crippen LogP contribution is 2.17. The molecule has 1 heterocycles. The Balaban J connectivity index is 1.92. The lowest BCUT2D eigenvalue weighted by Gasteiger charge is -2.34. The number of carbonyl (C=O) groups excluding carboxylic acids is 1. The fourth-order valence-electron chi connectivity index (χ4n) is 2.26. The van der Waals surface area contributed by atoms with Gasteiger partial charge in [-0.3, -0.25) is 14.5 Å². The van der Waals surface area contributed by atoms with E-state index in [9.17, 15) is 14.0 Å². The van der Waals surface area contributed by atoms with Gasteiger partial charge in [0.2, 0.25) is 0 Å². The van der Waals surface area contributed by atoms with Crippen molar-refractivity contribution in [3.05, 3.63) is 34.6 Å². The van der Waals surface area contributed by atoms with E-state index in [-0.39, 0.29) is 22.9 Å². The van der Waals surface area contributed by atoms with Crippen LogP contribution in [0.25, 0.3) is 0 Å². The van der Waals surface area contributed by atoms with Crippen LogP contribution in [0.3, 0.4) is 0 Å². The number of benzene rings is 1. The van der Waals surface area contributed by atoms with Gasteiger partial charge in [-0.2, -0.15) is 0 Å². The van der Waals surface area contributed by atoms with Crippen LogP contribution >= 0.6 is 11.6 Å². The summed E-state index contributed by atoms with van der Waals surface area (Å²) in [6.07, 6.45) is 0.0831. The van der Waals surface area contributed by atoms with E-state index >= 15 is 0 Å². The Kier molecular flexibility index (Phi) is 5.14. The van der Waals surface area contributed by atoms with Crippen molar-refractivity contribution in [2.24, 2.45) is 0 Å². The number of rotatable bonds is 4. The quantitative estimate of drug-likeness (QED) is 0.919. The zero-order valence-electron chi connectivity index (χ0n) is 11.4. The van der Waals surface area contributed by atoms with Crippen molar-refractivity contribution in [3.8, 4) is 0 Å². The first-order valence-corrected chi connectivity index (χ1v) is 7.03. The molecular weight excluding hydrogens is 299 g/mol. The minimum atomic E-state index is -0.836. The van der Waals surface area contributed by atoms with Gasteiger partial charge in [0.05, 0.1) is 12.0 Å². The second-order valence-electron chi connectivity index (χ2n) is 4.90. The molecule has 1 aliphatic rings. The van der Waals surface area contributed by atoms with Gasteiger partial charge in [0.15, 0.2) is 0 Å². The number of nitrogens with zero attached hydrogens (tertiary/aromatic N) is 2. The molecule has 114 valence electrons. The minimum Gasteiger partial charge on any atom is -0.481 e. The lowest BCUT2D eigenvalue weighted by molar-refractivity contribution is -0.137. The molecule has 0 saturated carbocycles. The van der Waals surface area contributed by atoms with Crippen LogP contribution in [0.2, 0.25) is 5.02 Å². The van der Waals surface area contributed by atoms with E-state index in [0.717, 1.165) is 6.07 Å². The van der Waals surface area contributed by atoms with Gasteiger partial charge < -0.3 is 10.0 Å². The first-order valence-electron chi connectivity index (χ1n) is 6.66. The van der Waals surface area contributed by atoms with E-state index in [0.29, 0.717) is 32.7 Å². The maximum absolute atomic E-state index is 13.7. The SMILES string of the molecule is O=C(O)CCN1CCN(C(=O)c2ccc(Cl)cc2F)CC1. The molecule has 1 aliphatic heterocycles. The van der Waals surface area contributed by atoms with Crippen LogP contribution in [0.15, 0.2) is 18.2 Å². The van der Waals surface area contributed by atoms with Crippen molar-refractivity contribution in [2.75, 3.05) is 32.7 Å². The Hall–Kier alpha value is -1.66. The van der Waals surface area contributed by atoms with Crippen LogP contribution in [0.5, 0.6) is 0 Å². The molecule has 1 aromatic rings. The first-order chi connectivity index (χ1) is 9.97. The number of carbonyl (C=O) groups is 2. The Morgan fingerprint density at radius 2 is 1.90 bits per heavy atom. The summed E-state index contributed by atoms with van der Waals surface area (Å²) in [7, 11) is 0. The van der Waals surface area contributed by atoms with Crippen molar-refractivity contribution < 1.29 is 19.1 Å². The van der Waals surface area contributed by atoms with Gasteiger partial charge in [-0.05, 0) is 18.2 Å². The summed E-state index contributed by atoms with van der Waals surface area (Å²) in [6.45, 7) is 2.57. The van der Waals surface area contributed by atoms with E-state index in [4.69, 9.17) is 16.7 Å². The monoisotopic (exact) mass is 314 g/mol. The third-order valence-electron chi connectivity index (χ3n) is 3.46. The number of amides is 1. The zero-order valence-corrected chi connectivity index (χ0v) is 12.1. The molecule has 0 aliphatic carbocycles. The topological polar surface area (TPSA) is 60.9 Å². The van der Waals surface area contributed by atoms with Gasteiger partial charge in [-0.25, -0.2) is 4.39 Å². The molecule has 1 amide bonds. The summed E-state index contributed by atoms with van der Waals surface area (Å²) in [4.78, 5) is 26.3. The molecular formula is C14H16ClFN2O3. The van der Waals surface area contributed by atoms with Crippen molar-refractivity contribution in [3.63, 3.8) is 0 Å². The summed E-state index contributed by atoms with van der Waals surface area (Å²) >= 11 is 5.67. The molecule has 0 bridgehead atoms. The van der Waals surface area contributed by atoms with Crippen LogP contribution < -0.4 is 0 Å². The van der Waals surface area contributed by atoms with Crippen LogP contribution in [0.1, 0.15) is 16.8 Å². The molecule has 5 nitrogen and oxygen atoms in total. The summed E-state index contributed by atoms with van der Waals surface area (Å²) < 4.78 is 13.7. The molecule has 0 aromatic heterocycles. The number of hydrogen-bond donors (Lipinski definition) is 1. The standard InChI is InChI=1S/C14H16ClFN2O3/c15-10-1-2-11(12(16)9-10)14(21)18-7-5-17(6-8-18)4-3-13(19)20/h1-2,9H,3-8H2,(H,19,20). The van der Waals surface area contributed by atoms with Crippen molar-refractivity contribution in [1.82, 2.24) is 9.80 Å². The number of carboxylic acids is 1. The summed E-state index contributed by atoms with van der Waals surface area (Å²) in [5.74, 6) is -1.82. The van der Waals surface area contributed by atoms with Crippen LogP contribution in [-0.2, 0) is 4.79 Å². The molecule has 1 saturated heterocycles. The minimum absolute atomic E-state index is 0.0124. The molecule has 0 unspecified atom stereocenters. The van der Waals surface area contributed by atoms with Crippen LogP contribution in [-0.4, -0.2) is 59.5 Å². The van der Waals surface area contributed by atoms with Gasteiger partial charge in [-0.15, -0.1) is 0 Å². The first kappa shape index (κ1) is 15.7. The fraction of sp³-hybridized carbons (Fsp3) is 0.429. The number of aliphatic carboxylic acids is 1. The molecule has 2 rings (SSSR count). The third-order valence-corrected chi connectivity index (χ3v) is 3.70. The fourth-order valence-corrected chi connectivity index (χ4v) is 2.42. The van der Waals surface area contributed by atoms with E-state index in [1.165, 1.54) is 12.1 Å². The Bertz CT molecular complexity index is 545. The number of piperazine rings is 1. The van der Waals surface area contributed by atoms with Crippen LogP contribution in [0, 0.1) is 5.82 Å². The van der Waals surface area contributed by atoms with E-state index in [2.05, 4.69) is 0 Å². The lowest BCUT2D eigenvalue weighted by Crippen LogP contribution is -2.49. The maximum Gasteiger partial charge on any atom is 0.304 e. The molecule has 1 N–H and O–H groups in total. The normalized spacial score (nSPS) is 16.0. The molecule has 7 heteroatoms. The van der Waals surface area contributed by atoms with E-state index in [1.54, 1.807) is 4.90 Å². The zero-order chi connectivity index (χ0) is 15.4. The average molecular weight is 315 g/mol. The number of carboxylic acid groups (broad SMARTS) is 1. The second-order valence-corrected chi connectivity index (χ2v) is 5.34. The molecule has 0 radical (unpaired) electrons. The van der Waals surface area contributed by atoms with Crippen molar-refractivity contribution in [1.29, 1.82) is 0 Å². The molecule has 0 atom stereocenters. The maximum atomic E-state index is 13.7. The molecule has 1 aromatic carbocycles. The molecule has 0 spiro atoms. The third kappa shape index (κ3) is 4.15. The average Bonchev–Trinajstić information content (AvgIpc) is 2.45. The highest BCUT2D eigenvalue weighted by atomic mass is 35.5. The second kappa shape index (κ2) is 6.87. The Labute approximate surface area is 126 Å². The molecule has 21 heavy (non-hydrogen) atoms. The summed E-state index contributed by atoms with van der Waals surface area (Å²) in [6, 6.07) is 4.00. The smallest absolute Gasteiger partial charge is 0.304 e. The van der Waals surface area contributed by atoms with Crippen molar-refractivity contribution >= 4 is 23.5 Å². The Morgan fingerprint density at radius 3 is 2.48 bits per heavy atom. The van der Waals surface area contributed by atoms with E-state index in [1.807, 2.05) is 4.90 Å². The van der Waals surface area contributed by atoms with Crippen molar-refractivity contribution in [2.45, 2.75) is 6.42 Å². The van der Waals surface area contributed by atoms with E-state index < -0.39 is 11.8 Å². The summed E-state index contributed by atoms with van der Waals surface area (Å²) in [5.41, 5.74) is 0.0124. The summed E-state index contributed by atoms with van der Waals surface area (Å²) in [5, 5.41) is 8.89. The van der Waals surface area contributed by atoms with Gasteiger partial charge in [0, 0.05) is 37.7 Å². The van der Waals surface area contributed by atoms with Gasteiger partial charge >= 0.3 is 5.97 Å². The highest BCUT2D eigenvalue weighted by Gasteiger charge is 2.24. The van der Waals surface area contributed by atoms with Gasteiger partial charge in [0.1, 0.15) is 5.82 Å². The van der Waals surface area contributed by atoms with Gasteiger partial charge in [-0.1, -0.05) is 11.6 Å². The lowest BCUT2D eigenvalue weighted by atomic mass is 10.1. The number of halogens is 2. The predicted molar refractivity (Wildman–Crippen MR) is 76.0 cm³/mol. The largest absolute Gasteiger partial charge is 0.481 e.